The fourth-order valence-corrected chi connectivity index (χ4v) is 2.29. The predicted molar refractivity (Wildman–Crippen MR) is 73.6 cm³/mol. The van der Waals surface area contributed by atoms with E-state index in [-0.39, 0.29) is 10.8 Å². The Morgan fingerprint density at radius 3 is 2.55 bits per heavy atom. The van der Waals surface area contributed by atoms with Crippen LogP contribution in [0, 0.1) is 0 Å². The van der Waals surface area contributed by atoms with Crippen LogP contribution in [0.1, 0.15) is 12.8 Å². The fourth-order valence-electron chi connectivity index (χ4n) is 1.33. The third kappa shape index (κ3) is 6.24. The highest BCUT2D eigenvalue weighted by Crippen LogP contribution is 2.05. The summed E-state index contributed by atoms with van der Waals surface area (Å²) in [5.74, 6) is 0.0390. The standard InChI is InChI=1S/C11H20N4O4S/c1-18-6-7-19-5-3-2-4-15-20(16,17)10-8-13-11(12)14-9-10/h8-9,15H,2-7H2,1H3,(H2,12,13,14). The van der Waals surface area contributed by atoms with Crippen molar-refractivity contribution in [2.24, 2.45) is 0 Å². The number of nitrogens with one attached hydrogen (secondary N) is 1. The Morgan fingerprint density at radius 1 is 1.20 bits per heavy atom. The molecule has 0 amide bonds. The lowest BCUT2D eigenvalue weighted by atomic mass is 10.3. The highest BCUT2D eigenvalue weighted by molar-refractivity contribution is 7.89. The number of nitrogens with two attached hydrogens (primary N) is 1. The Kier molecular flexibility index (Phi) is 7.37. The van der Waals surface area contributed by atoms with Crippen LogP contribution < -0.4 is 10.5 Å². The van der Waals surface area contributed by atoms with E-state index in [2.05, 4.69) is 14.7 Å². The normalized spacial score (nSPS) is 11.7. The van der Waals surface area contributed by atoms with Gasteiger partial charge in [0.15, 0.2) is 0 Å². The largest absolute Gasteiger partial charge is 0.382 e. The number of hydrogen-bond acceptors (Lipinski definition) is 7. The molecule has 9 heteroatoms. The van der Waals surface area contributed by atoms with Crippen LogP contribution in [0.2, 0.25) is 0 Å². The molecule has 1 aromatic rings. The summed E-state index contributed by atoms with van der Waals surface area (Å²) in [6.07, 6.45) is 3.81. The number of nitrogen functional groups attached to an aromatic ring is 1. The predicted octanol–water partition coefficient (Wildman–Crippen LogP) is -0.220. The van der Waals surface area contributed by atoms with E-state index in [0.29, 0.717) is 32.8 Å². The van der Waals surface area contributed by atoms with Gasteiger partial charge in [-0.05, 0) is 12.8 Å². The SMILES string of the molecule is COCCOCCCCNS(=O)(=O)c1cnc(N)nc1. The number of methoxy groups -OCH3 is 1. The van der Waals surface area contributed by atoms with Gasteiger partial charge in [-0.3, -0.25) is 0 Å². The second-order valence-electron chi connectivity index (χ2n) is 3.99. The molecule has 0 spiro atoms. The first-order chi connectivity index (χ1) is 9.56. The van der Waals surface area contributed by atoms with Crippen LogP contribution in [0.3, 0.4) is 0 Å². The van der Waals surface area contributed by atoms with E-state index in [1.165, 1.54) is 12.4 Å². The van der Waals surface area contributed by atoms with E-state index in [1.807, 2.05) is 0 Å². The summed E-state index contributed by atoms with van der Waals surface area (Å²) in [5, 5.41) is 0. The summed E-state index contributed by atoms with van der Waals surface area (Å²) in [4.78, 5) is 7.30. The third-order valence-corrected chi connectivity index (χ3v) is 3.81. The van der Waals surface area contributed by atoms with Gasteiger partial charge >= 0.3 is 0 Å². The first kappa shape index (κ1) is 16.8. The van der Waals surface area contributed by atoms with Crippen molar-refractivity contribution < 1.29 is 17.9 Å². The Balaban J connectivity index is 2.22. The van der Waals surface area contributed by atoms with Crippen LogP contribution in [-0.2, 0) is 19.5 Å². The Hall–Kier alpha value is -1.29. The molecule has 0 aromatic carbocycles. The van der Waals surface area contributed by atoms with Crippen molar-refractivity contribution in [2.45, 2.75) is 17.7 Å². The molecule has 0 radical (unpaired) electrons. The number of hydrogen-bond donors (Lipinski definition) is 2. The number of aromatic nitrogens is 2. The lowest BCUT2D eigenvalue weighted by Crippen LogP contribution is -2.25. The summed E-state index contributed by atoms with van der Waals surface area (Å²) in [7, 11) is -1.96. The number of nitrogens with zero attached hydrogens (tertiary/aromatic N) is 2. The van der Waals surface area contributed by atoms with E-state index in [0.717, 1.165) is 6.42 Å². The molecule has 1 aromatic heterocycles. The molecule has 0 aliphatic heterocycles. The topological polar surface area (TPSA) is 116 Å². The zero-order valence-corrected chi connectivity index (χ0v) is 12.2. The van der Waals surface area contributed by atoms with Gasteiger partial charge in [-0.1, -0.05) is 0 Å². The van der Waals surface area contributed by atoms with E-state index < -0.39 is 10.0 Å². The molecule has 8 nitrogen and oxygen atoms in total. The Morgan fingerprint density at radius 2 is 1.90 bits per heavy atom. The Labute approximate surface area is 118 Å². The number of anilines is 1. The lowest BCUT2D eigenvalue weighted by molar-refractivity contribution is 0.0689. The molecule has 0 atom stereocenters. The molecule has 0 aliphatic rings. The summed E-state index contributed by atoms with van der Waals surface area (Å²) in [6.45, 7) is 2.02. The van der Waals surface area contributed by atoms with Crippen LogP contribution in [0.5, 0.6) is 0 Å². The number of ether oxygens (including phenoxy) is 2. The van der Waals surface area contributed by atoms with Crippen molar-refractivity contribution in [3.8, 4) is 0 Å². The van der Waals surface area contributed by atoms with Gasteiger partial charge in [-0.25, -0.2) is 23.1 Å². The molecule has 114 valence electrons. The number of unbranched alkanes of at least 4 members (excludes halogenated alkanes) is 1. The van der Waals surface area contributed by atoms with Gasteiger partial charge in [0, 0.05) is 20.3 Å². The van der Waals surface area contributed by atoms with E-state index in [1.54, 1.807) is 7.11 Å². The average Bonchev–Trinajstić information content (AvgIpc) is 2.42. The molecule has 0 saturated heterocycles. The summed E-state index contributed by atoms with van der Waals surface area (Å²) in [5.41, 5.74) is 5.30. The zero-order chi connectivity index (χ0) is 14.8. The molecule has 1 heterocycles. The van der Waals surface area contributed by atoms with Crippen molar-refractivity contribution in [2.75, 3.05) is 39.2 Å². The molecule has 0 aliphatic carbocycles. The molecule has 1 rings (SSSR count). The van der Waals surface area contributed by atoms with Crippen molar-refractivity contribution in [1.82, 2.24) is 14.7 Å². The van der Waals surface area contributed by atoms with Gasteiger partial charge in [-0.15, -0.1) is 0 Å². The molecule has 0 saturated carbocycles. The second kappa shape index (κ2) is 8.80. The third-order valence-electron chi connectivity index (χ3n) is 2.40. The summed E-state index contributed by atoms with van der Waals surface area (Å²) < 4.78 is 36.2. The van der Waals surface area contributed by atoms with Gasteiger partial charge < -0.3 is 15.2 Å². The van der Waals surface area contributed by atoms with Crippen LogP contribution in [-0.4, -0.2) is 51.9 Å². The van der Waals surface area contributed by atoms with Gasteiger partial charge in [0.05, 0.1) is 25.6 Å². The molecule has 3 N–H and O–H groups in total. The van der Waals surface area contributed by atoms with Gasteiger partial charge in [0.2, 0.25) is 16.0 Å². The van der Waals surface area contributed by atoms with Crippen molar-refractivity contribution >= 4 is 16.0 Å². The molecular formula is C11H20N4O4S. The maximum absolute atomic E-state index is 11.8. The molecular weight excluding hydrogens is 284 g/mol. The highest BCUT2D eigenvalue weighted by Gasteiger charge is 2.13. The van der Waals surface area contributed by atoms with Gasteiger partial charge in [-0.2, -0.15) is 0 Å². The first-order valence-electron chi connectivity index (χ1n) is 6.20. The van der Waals surface area contributed by atoms with Gasteiger partial charge in [0.1, 0.15) is 4.90 Å². The minimum atomic E-state index is -3.57. The van der Waals surface area contributed by atoms with Crippen LogP contribution in [0.25, 0.3) is 0 Å². The van der Waals surface area contributed by atoms with Crippen molar-refractivity contribution in [1.29, 1.82) is 0 Å². The minimum absolute atomic E-state index is 0.00282. The maximum Gasteiger partial charge on any atom is 0.243 e. The molecule has 0 unspecified atom stereocenters. The molecule has 0 bridgehead atoms. The van der Waals surface area contributed by atoms with Crippen LogP contribution in [0.4, 0.5) is 5.95 Å². The van der Waals surface area contributed by atoms with E-state index >= 15 is 0 Å². The zero-order valence-electron chi connectivity index (χ0n) is 11.4. The van der Waals surface area contributed by atoms with Crippen molar-refractivity contribution in [3.63, 3.8) is 0 Å². The van der Waals surface area contributed by atoms with Crippen LogP contribution in [0.15, 0.2) is 17.3 Å². The second-order valence-corrected chi connectivity index (χ2v) is 5.75. The quantitative estimate of drug-likeness (QED) is 0.574. The summed E-state index contributed by atoms with van der Waals surface area (Å²) in [6, 6.07) is 0. The van der Waals surface area contributed by atoms with E-state index in [4.69, 9.17) is 15.2 Å². The van der Waals surface area contributed by atoms with Gasteiger partial charge in [0.25, 0.3) is 0 Å². The maximum atomic E-state index is 11.8. The van der Waals surface area contributed by atoms with Crippen molar-refractivity contribution in [3.05, 3.63) is 12.4 Å². The van der Waals surface area contributed by atoms with Crippen LogP contribution >= 0.6 is 0 Å². The smallest absolute Gasteiger partial charge is 0.243 e. The lowest BCUT2D eigenvalue weighted by Gasteiger charge is -2.06. The minimum Gasteiger partial charge on any atom is -0.382 e. The average molecular weight is 304 g/mol. The molecule has 0 fully saturated rings. The summed E-state index contributed by atoms with van der Waals surface area (Å²) >= 11 is 0. The fraction of sp³-hybridized carbons (Fsp3) is 0.636. The first-order valence-corrected chi connectivity index (χ1v) is 7.68. The number of rotatable bonds is 10. The monoisotopic (exact) mass is 304 g/mol. The Bertz CT molecular complexity index is 478. The number of sulfonamides is 1. The molecule has 20 heavy (non-hydrogen) atoms. The van der Waals surface area contributed by atoms with E-state index in [9.17, 15) is 8.42 Å². The highest BCUT2D eigenvalue weighted by atomic mass is 32.2.